The highest BCUT2D eigenvalue weighted by Crippen LogP contribution is 2.40. The molecule has 3 aromatic rings. The number of hydrogen-bond acceptors (Lipinski definition) is 1. The van der Waals surface area contributed by atoms with Gasteiger partial charge in [0, 0.05) is 17.1 Å². The summed E-state index contributed by atoms with van der Waals surface area (Å²) in [4.78, 5) is 15.1. The summed E-state index contributed by atoms with van der Waals surface area (Å²) >= 11 is 6.17. The first-order chi connectivity index (χ1) is 12.5. The lowest BCUT2D eigenvalue weighted by Crippen LogP contribution is -2.28. The fourth-order valence-electron chi connectivity index (χ4n) is 3.63. The molecule has 1 aliphatic rings. The van der Waals surface area contributed by atoms with Crippen LogP contribution in [0.15, 0.2) is 66.7 Å². The summed E-state index contributed by atoms with van der Waals surface area (Å²) < 4.78 is 0. The Kier molecular flexibility index (Phi) is 4.29. The van der Waals surface area contributed by atoms with Crippen LogP contribution in [0.25, 0.3) is 0 Å². The van der Waals surface area contributed by atoms with Crippen LogP contribution in [0.5, 0.6) is 0 Å². The van der Waals surface area contributed by atoms with Gasteiger partial charge in [-0.3, -0.25) is 4.79 Å². The van der Waals surface area contributed by atoms with E-state index in [-0.39, 0.29) is 11.9 Å². The number of aryl methyl sites for hydroxylation is 2. The van der Waals surface area contributed by atoms with Crippen molar-refractivity contribution in [3.8, 4) is 0 Å². The van der Waals surface area contributed by atoms with Crippen molar-refractivity contribution in [3.63, 3.8) is 0 Å². The number of amides is 1. The normalized spacial score (nSPS) is 16.0. The highest BCUT2D eigenvalue weighted by Gasteiger charge is 2.37. The van der Waals surface area contributed by atoms with Gasteiger partial charge >= 0.3 is 0 Å². The second-order valence-electron chi connectivity index (χ2n) is 6.90. The first-order valence-corrected chi connectivity index (χ1v) is 9.14. The average molecular weight is 362 g/mol. The summed E-state index contributed by atoms with van der Waals surface area (Å²) in [5.41, 5.74) is 6.48. The van der Waals surface area contributed by atoms with Crippen molar-refractivity contribution in [1.29, 1.82) is 0 Å². The lowest BCUT2D eigenvalue weighted by Gasteiger charge is -2.26. The Morgan fingerprint density at radius 2 is 1.69 bits per heavy atom. The van der Waals surface area contributed by atoms with Crippen LogP contribution in [-0.2, 0) is 6.54 Å². The van der Waals surface area contributed by atoms with Gasteiger partial charge in [-0.2, -0.15) is 0 Å². The predicted molar refractivity (Wildman–Crippen MR) is 106 cm³/mol. The SMILES string of the molecule is Cc1ccc(C2c3ccc(Cl)cc3C(=O)N2Cc2ccccc2)cc1C. The predicted octanol–water partition coefficient (Wildman–Crippen LogP) is 5.70. The number of nitrogens with zero attached hydrogens (tertiary/aromatic N) is 1. The largest absolute Gasteiger partial charge is 0.323 e. The molecule has 0 N–H and O–H groups in total. The number of halogens is 1. The monoisotopic (exact) mass is 361 g/mol. The number of hydrogen-bond donors (Lipinski definition) is 0. The number of fused-ring (bicyclic) bond motifs is 1. The number of rotatable bonds is 3. The molecule has 130 valence electrons. The van der Waals surface area contributed by atoms with Crippen LogP contribution in [0.2, 0.25) is 5.02 Å². The minimum Gasteiger partial charge on any atom is -0.323 e. The molecule has 26 heavy (non-hydrogen) atoms. The van der Waals surface area contributed by atoms with Crippen LogP contribution >= 0.6 is 11.6 Å². The molecule has 1 heterocycles. The maximum atomic E-state index is 13.2. The standard InChI is InChI=1S/C23H20ClNO/c1-15-8-9-18(12-16(15)2)22-20-11-10-19(24)13-21(20)23(26)25(22)14-17-6-4-3-5-7-17/h3-13,22H,14H2,1-2H3. The summed E-state index contributed by atoms with van der Waals surface area (Å²) in [6.07, 6.45) is 0. The summed E-state index contributed by atoms with van der Waals surface area (Å²) in [6, 6.07) is 22.1. The third-order valence-electron chi connectivity index (χ3n) is 5.16. The van der Waals surface area contributed by atoms with Crippen LogP contribution in [0.3, 0.4) is 0 Å². The van der Waals surface area contributed by atoms with E-state index < -0.39 is 0 Å². The van der Waals surface area contributed by atoms with Crippen LogP contribution in [0.4, 0.5) is 0 Å². The highest BCUT2D eigenvalue weighted by atomic mass is 35.5. The highest BCUT2D eigenvalue weighted by molar-refractivity contribution is 6.31. The lowest BCUT2D eigenvalue weighted by molar-refractivity contribution is 0.0736. The molecular weight excluding hydrogens is 342 g/mol. The van der Waals surface area contributed by atoms with Crippen LogP contribution in [-0.4, -0.2) is 10.8 Å². The zero-order valence-electron chi connectivity index (χ0n) is 14.9. The van der Waals surface area contributed by atoms with Gasteiger partial charge in [-0.05, 0) is 53.8 Å². The topological polar surface area (TPSA) is 20.3 Å². The zero-order valence-corrected chi connectivity index (χ0v) is 15.6. The second-order valence-corrected chi connectivity index (χ2v) is 7.33. The van der Waals surface area contributed by atoms with E-state index in [0.29, 0.717) is 17.1 Å². The average Bonchev–Trinajstić information content (AvgIpc) is 2.90. The van der Waals surface area contributed by atoms with Gasteiger partial charge in [-0.25, -0.2) is 0 Å². The van der Waals surface area contributed by atoms with E-state index in [4.69, 9.17) is 11.6 Å². The Morgan fingerprint density at radius 1 is 0.923 bits per heavy atom. The van der Waals surface area contributed by atoms with Gasteiger partial charge in [-0.1, -0.05) is 66.2 Å². The summed E-state index contributed by atoms with van der Waals surface area (Å²) in [6.45, 7) is 4.79. The van der Waals surface area contributed by atoms with Gasteiger partial charge in [0.15, 0.2) is 0 Å². The maximum absolute atomic E-state index is 13.2. The Balaban J connectivity index is 1.83. The Bertz CT molecular complexity index is 981. The number of carbonyl (C=O) groups excluding carboxylic acids is 1. The molecule has 0 saturated carbocycles. The van der Waals surface area contributed by atoms with Crippen molar-refractivity contribution in [1.82, 2.24) is 4.90 Å². The zero-order chi connectivity index (χ0) is 18.3. The first-order valence-electron chi connectivity index (χ1n) is 8.76. The second kappa shape index (κ2) is 6.62. The summed E-state index contributed by atoms with van der Waals surface area (Å²) in [5.74, 6) is 0.0366. The Morgan fingerprint density at radius 3 is 2.42 bits per heavy atom. The molecule has 3 aromatic carbocycles. The van der Waals surface area contributed by atoms with E-state index in [0.717, 1.165) is 16.7 Å². The molecule has 2 nitrogen and oxygen atoms in total. The molecule has 4 rings (SSSR count). The molecule has 0 aliphatic carbocycles. The van der Waals surface area contributed by atoms with Gasteiger partial charge in [0.2, 0.25) is 0 Å². The quantitative estimate of drug-likeness (QED) is 0.585. The van der Waals surface area contributed by atoms with E-state index in [1.807, 2.05) is 35.2 Å². The van der Waals surface area contributed by atoms with Gasteiger partial charge in [0.05, 0.1) is 6.04 Å². The molecule has 1 unspecified atom stereocenters. The molecule has 3 heteroatoms. The van der Waals surface area contributed by atoms with E-state index in [9.17, 15) is 4.79 Å². The van der Waals surface area contributed by atoms with Crippen molar-refractivity contribution in [3.05, 3.63) is 105 Å². The maximum Gasteiger partial charge on any atom is 0.255 e. The van der Waals surface area contributed by atoms with Crippen molar-refractivity contribution >= 4 is 17.5 Å². The third kappa shape index (κ3) is 2.91. The fourth-order valence-corrected chi connectivity index (χ4v) is 3.80. The molecule has 1 atom stereocenters. The van der Waals surface area contributed by atoms with Gasteiger partial charge in [0.25, 0.3) is 5.91 Å². The van der Waals surface area contributed by atoms with Crippen molar-refractivity contribution in [2.24, 2.45) is 0 Å². The Hall–Kier alpha value is -2.58. The molecule has 0 saturated heterocycles. The molecule has 0 aromatic heterocycles. The van der Waals surface area contributed by atoms with Crippen LogP contribution in [0.1, 0.15) is 44.2 Å². The summed E-state index contributed by atoms with van der Waals surface area (Å²) in [5, 5.41) is 0.595. The van der Waals surface area contributed by atoms with E-state index in [2.05, 4.69) is 44.2 Å². The number of benzene rings is 3. The fraction of sp³-hybridized carbons (Fsp3) is 0.174. The molecule has 0 radical (unpaired) electrons. The minimum atomic E-state index is -0.0886. The first kappa shape index (κ1) is 16.9. The molecular formula is C23H20ClNO. The van der Waals surface area contributed by atoms with Gasteiger partial charge < -0.3 is 4.90 Å². The molecule has 1 aliphatic heterocycles. The molecule has 0 spiro atoms. The van der Waals surface area contributed by atoms with Crippen molar-refractivity contribution in [2.45, 2.75) is 26.4 Å². The summed E-state index contributed by atoms with van der Waals surface area (Å²) in [7, 11) is 0. The van der Waals surface area contributed by atoms with Gasteiger partial charge in [0.1, 0.15) is 0 Å². The van der Waals surface area contributed by atoms with E-state index in [1.54, 1.807) is 6.07 Å². The van der Waals surface area contributed by atoms with Gasteiger partial charge in [-0.15, -0.1) is 0 Å². The molecule has 1 amide bonds. The van der Waals surface area contributed by atoms with Crippen LogP contribution in [0, 0.1) is 13.8 Å². The smallest absolute Gasteiger partial charge is 0.255 e. The van der Waals surface area contributed by atoms with E-state index >= 15 is 0 Å². The third-order valence-corrected chi connectivity index (χ3v) is 5.39. The van der Waals surface area contributed by atoms with E-state index in [1.165, 1.54) is 11.1 Å². The lowest BCUT2D eigenvalue weighted by atomic mass is 9.95. The number of carbonyl (C=O) groups is 1. The minimum absolute atomic E-state index is 0.0366. The van der Waals surface area contributed by atoms with Crippen LogP contribution < -0.4 is 0 Å². The Labute approximate surface area is 159 Å². The van der Waals surface area contributed by atoms with Crippen molar-refractivity contribution < 1.29 is 4.79 Å². The molecule has 0 bridgehead atoms. The molecule has 0 fully saturated rings. The van der Waals surface area contributed by atoms with Crippen molar-refractivity contribution in [2.75, 3.05) is 0 Å².